The van der Waals surface area contributed by atoms with Crippen LogP contribution in [0, 0.1) is 0 Å². The molecule has 0 saturated carbocycles. The van der Waals surface area contributed by atoms with Gasteiger partial charge in [-0.3, -0.25) is 9.79 Å². The van der Waals surface area contributed by atoms with Crippen LogP contribution in [-0.4, -0.2) is 45.7 Å². The van der Waals surface area contributed by atoms with Crippen LogP contribution in [0.5, 0.6) is 0 Å². The smallest absolute Gasteiger partial charge is 0.229 e. The van der Waals surface area contributed by atoms with Crippen LogP contribution in [0.25, 0.3) is 0 Å². The van der Waals surface area contributed by atoms with E-state index in [1.807, 2.05) is 11.0 Å². The number of rotatable bonds is 4. The number of nitrogens with zero attached hydrogens (tertiary/aromatic N) is 4. The molecule has 1 aromatic heterocycles. The summed E-state index contributed by atoms with van der Waals surface area (Å²) in [7, 11) is 0. The molecule has 0 radical (unpaired) electrons. The Kier molecular flexibility index (Phi) is 4.58. The molecule has 1 atom stereocenters. The van der Waals surface area contributed by atoms with Crippen LogP contribution in [-0.2, 0) is 4.79 Å². The lowest BCUT2D eigenvalue weighted by Gasteiger charge is -2.28. The van der Waals surface area contributed by atoms with Crippen LogP contribution >= 0.6 is 11.8 Å². The first-order valence-corrected chi connectivity index (χ1v) is 9.95. The summed E-state index contributed by atoms with van der Waals surface area (Å²) in [6, 6.07) is 2.06. The molecular weight excluding hydrogens is 336 g/mol. The molecule has 0 N–H and O–H groups in total. The number of aromatic nitrogens is 1. The Balaban J connectivity index is 1.46. The van der Waals surface area contributed by atoms with Gasteiger partial charge in [-0.1, -0.05) is 30.8 Å². The molecule has 7 heteroatoms. The standard InChI is InChI=1S/C18H24N4O2S/c1-12(2)16-10-14(20-24-16)15-5-3-7-22(15)17(23)9-13-11-25-18-19-6-4-8-21(13)18/h10-12,15H,3-9H2,1-2H3/t15-/m0/s1. The molecule has 1 fully saturated rings. The number of likely N-dealkylation sites (tertiary alicyclic amines) is 1. The molecule has 6 nitrogen and oxygen atoms in total. The van der Waals surface area contributed by atoms with Crippen molar-refractivity contribution in [2.24, 2.45) is 4.99 Å². The van der Waals surface area contributed by atoms with Gasteiger partial charge in [0.15, 0.2) is 5.17 Å². The third kappa shape index (κ3) is 3.21. The molecule has 3 aliphatic rings. The second kappa shape index (κ2) is 6.86. The summed E-state index contributed by atoms with van der Waals surface area (Å²) in [6.45, 7) is 6.84. The molecule has 0 unspecified atom stereocenters. The molecule has 1 saturated heterocycles. The predicted molar refractivity (Wildman–Crippen MR) is 98.2 cm³/mol. The zero-order valence-electron chi connectivity index (χ0n) is 14.8. The van der Waals surface area contributed by atoms with Gasteiger partial charge in [0.25, 0.3) is 0 Å². The van der Waals surface area contributed by atoms with Crippen molar-refractivity contribution >= 4 is 22.8 Å². The Hall–Kier alpha value is -1.76. The largest absolute Gasteiger partial charge is 0.361 e. The fourth-order valence-corrected chi connectivity index (χ4v) is 4.59. The number of hydrogen-bond donors (Lipinski definition) is 0. The minimum atomic E-state index is 0.0490. The fourth-order valence-electron chi connectivity index (χ4n) is 3.64. The van der Waals surface area contributed by atoms with Crippen LogP contribution in [0.3, 0.4) is 0 Å². The van der Waals surface area contributed by atoms with Crippen molar-refractivity contribution < 1.29 is 9.32 Å². The lowest BCUT2D eigenvalue weighted by molar-refractivity contribution is -0.131. The van der Waals surface area contributed by atoms with Crippen molar-refractivity contribution in [2.45, 2.75) is 51.5 Å². The third-order valence-electron chi connectivity index (χ3n) is 5.03. The van der Waals surface area contributed by atoms with Gasteiger partial charge in [-0.25, -0.2) is 0 Å². The Morgan fingerprint density at radius 1 is 1.40 bits per heavy atom. The van der Waals surface area contributed by atoms with Gasteiger partial charge < -0.3 is 14.3 Å². The summed E-state index contributed by atoms with van der Waals surface area (Å²) in [5.74, 6) is 1.37. The first kappa shape index (κ1) is 16.7. The highest BCUT2D eigenvalue weighted by molar-refractivity contribution is 8.16. The van der Waals surface area contributed by atoms with E-state index < -0.39 is 0 Å². The van der Waals surface area contributed by atoms with Crippen LogP contribution in [0.4, 0.5) is 0 Å². The summed E-state index contributed by atoms with van der Waals surface area (Å²) in [6.07, 6.45) is 3.47. The molecule has 4 rings (SSSR count). The number of hydrogen-bond acceptors (Lipinski definition) is 6. The van der Waals surface area contributed by atoms with Crippen molar-refractivity contribution in [3.63, 3.8) is 0 Å². The quantitative estimate of drug-likeness (QED) is 0.822. The average molecular weight is 360 g/mol. The minimum Gasteiger partial charge on any atom is -0.361 e. The normalized spacial score (nSPS) is 23.1. The van der Waals surface area contributed by atoms with Gasteiger partial charge in [0, 0.05) is 37.3 Å². The number of fused-ring (bicyclic) bond motifs is 1. The number of thioether (sulfide) groups is 1. The second-order valence-corrected chi connectivity index (χ2v) is 7.96. The van der Waals surface area contributed by atoms with Gasteiger partial charge in [-0.05, 0) is 24.7 Å². The van der Waals surface area contributed by atoms with Crippen LogP contribution in [0.15, 0.2) is 26.7 Å². The van der Waals surface area contributed by atoms with Crippen molar-refractivity contribution in [2.75, 3.05) is 19.6 Å². The summed E-state index contributed by atoms with van der Waals surface area (Å²) >= 11 is 1.64. The van der Waals surface area contributed by atoms with Crippen molar-refractivity contribution in [1.82, 2.24) is 15.0 Å². The van der Waals surface area contributed by atoms with Crippen molar-refractivity contribution in [1.29, 1.82) is 0 Å². The molecule has 25 heavy (non-hydrogen) atoms. The van der Waals surface area contributed by atoms with Gasteiger partial charge in [-0.15, -0.1) is 0 Å². The Labute approximate surface area is 152 Å². The van der Waals surface area contributed by atoms with Crippen LogP contribution in [0.1, 0.15) is 62.9 Å². The molecule has 134 valence electrons. The first-order valence-electron chi connectivity index (χ1n) is 9.07. The van der Waals surface area contributed by atoms with Gasteiger partial charge in [-0.2, -0.15) is 0 Å². The van der Waals surface area contributed by atoms with Crippen LogP contribution in [0.2, 0.25) is 0 Å². The van der Waals surface area contributed by atoms with Crippen LogP contribution < -0.4 is 0 Å². The van der Waals surface area contributed by atoms with E-state index in [2.05, 4.69) is 34.3 Å². The van der Waals surface area contributed by atoms with E-state index in [9.17, 15) is 4.79 Å². The number of carbonyl (C=O) groups excluding carboxylic acids is 1. The molecular formula is C18H24N4O2S. The van der Waals surface area contributed by atoms with E-state index in [0.29, 0.717) is 12.3 Å². The first-order chi connectivity index (χ1) is 12.1. The third-order valence-corrected chi connectivity index (χ3v) is 5.98. The van der Waals surface area contributed by atoms with E-state index in [1.54, 1.807) is 11.8 Å². The SMILES string of the molecule is CC(C)c1cc([C@@H]2CCCN2C(=O)CC2=CSC3=NCCCN23)no1. The fraction of sp³-hybridized carbons (Fsp3) is 0.611. The predicted octanol–water partition coefficient (Wildman–Crippen LogP) is 3.50. The molecule has 1 aromatic rings. The highest BCUT2D eigenvalue weighted by Gasteiger charge is 2.34. The van der Waals surface area contributed by atoms with Crippen molar-refractivity contribution in [3.05, 3.63) is 28.6 Å². The average Bonchev–Trinajstić information content (AvgIpc) is 3.34. The highest BCUT2D eigenvalue weighted by Crippen LogP contribution is 2.35. The molecule has 0 bridgehead atoms. The Morgan fingerprint density at radius 3 is 3.08 bits per heavy atom. The molecule has 0 aromatic carbocycles. The summed E-state index contributed by atoms with van der Waals surface area (Å²) in [5.41, 5.74) is 1.98. The van der Waals surface area contributed by atoms with E-state index >= 15 is 0 Å². The number of amidine groups is 1. The number of carbonyl (C=O) groups is 1. The maximum atomic E-state index is 13.0. The molecule has 0 spiro atoms. The molecule has 1 amide bonds. The zero-order chi connectivity index (χ0) is 17.4. The Bertz CT molecular complexity index is 724. The summed E-state index contributed by atoms with van der Waals surface area (Å²) in [5, 5.41) is 7.36. The van der Waals surface area contributed by atoms with Gasteiger partial charge in [0.05, 0.1) is 12.5 Å². The zero-order valence-corrected chi connectivity index (χ0v) is 15.6. The summed E-state index contributed by atoms with van der Waals surface area (Å²) < 4.78 is 5.44. The molecule has 0 aliphatic carbocycles. The molecule has 4 heterocycles. The number of aliphatic imine (C=N–C) groups is 1. The second-order valence-electron chi connectivity index (χ2n) is 7.13. The monoisotopic (exact) mass is 360 g/mol. The minimum absolute atomic E-state index is 0.0490. The number of amides is 1. The van der Waals surface area contributed by atoms with E-state index in [1.165, 1.54) is 0 Å². The highest BCUT2D eigenvalue weighted by atomic mass is 32.2. The van der Waals surface area contributed by atoms with E-state index in [0.717, 1.165) is 61.2 Å². The van der Waals surface area contributed by atoms with Crippen molar-refractivity contribution in [3.8, 4) is 0 Å². The Morgan fingerprint density at radius 2 is 2.28 bits per heavy atom. The van der Waals surface area contributed by atoms with Gasteiger partial charge in [0.2, 0.25) is 5.91 Å². The lowest BCUT2D eigenvalue weighted by Crippen LogP contribution is -2.35. The summed E-state index contributed by atoms with van der Waals surface area (Å²) in [4.78, 5) is 21.7. The lowest BCUT2D eigenvalue weighted by atomic mass is 10.1. The topological polar surface area (TPSA) is 61.9 Å². The van der Waals surface area contributed by atoms with Gasteiger partial charge >= 0.3 is 0 Å². The van der Waals surface area contributed by atoms with E-state index in [4.69, 9.17) is 4.52 Å². The maximum Gasteiger partial charge on any atom is 0.229 e. The van der Waals surface area contributed by atoms with Gasteiger partial charge in [0.1, 0.15) is 11.5 Å². The maximum absolute atomic E-state index is 13.0. The molecule has 3 aliphatic heterocycles. The van der Waals surface area contributed by atoms with E-state index in [-0.39, 0.29) is 11.9 Å².